The van der Waals surface area contributed by atoms with Gasteiger partial charge in [0.05, 0.1) is 0 Å². The molecule has 2 aromatic carbocycles. The number of hydrogen-bond acceptors (Lipinski definition) is 1. The van der Waals surface area contributed by atoms with E-state index in [1.165, 1.54) is 17.7 Å². The minimum Gasteiger partial charge on any atom is -0.207 e. The maximum Gasteiger partial charge on any atom is 0.125 e. The van der Waals surface area contributed by atoms with E-state index in [0.29, 0.717) is 5.02 Å². The molecular formula is C13H9BrClFS. The van der Waals surface area contributed by atoms with Crippen molar-refractivity contribution in [2.45, 2.75) is 10.6 Å². The van der Waals surface area contributed by atoms with Gasteiger partial charge in [0.25, 0.3) is 0 Å². The highest BCUT2D eigenvalue weighted by molar-refractivity contribution is 9.10. The van der Waals surface area contributed by atoms with Gasteiger partial charge in [-0.25, -0.2) is 4.39 Å². The van der Waals surface area contributed by atoms with Crippen molar-refractivity contribution < 1.29 is 4.39 Å². The van der Waals surface area contributed by atoms with Crippen LogP contribution in [-0.4, -0.2) is 0 Å². The Morgan fingerprint density at radius 1 is 1.18 bits per heavy atom. The number of thioether (sulfide) groups is 1. The molecule has 0 radical (unpaired) electrons. The minimum atomic E-state index is -0.297. The van der Waals surface area contributed by atoms with Crippen molar-refractivity contribution in [3.05, 3.63) is 63.3 Å². The molecule has 4 heteroatoms. The Balaban J connectivity index is 2.07. The number of halogens is 3. The van der Waals surface area contributed by atoms with Crippen LogP contribution in [0.4, 0.5) is 4.39 Å². The molecule has 0 unspecified atom stereocenters. The molecule has 2 aromatic rings. The average Bonchev–Trinajstić information content (AvgIpc) is 2.25. The summed E-state index contributed by atoms with van der Waals surface area (Å²) in [5, 5.41) is 0.432. The molecule has 0 aliphatic heterocycles. The second-order valence-electron chi connectivity index (χ2n) is 3.52. The van der Waals surface area contributed by atoms with Crippen LogP contribution >= 0.6 is 39.3 Å². The molecule has 0 saturated heterocycles. The lowest BCUT2D eigenvalue weighted by Crippen LogP contribution is -1.82. The second kappa shape index (κ2) is 5.89. The summed E-state index contributed by atoms with van der Waals surface area (Å²) >= 11 is 10.8. The third-order valence-electron chi connectivity index (χ3n) is 2.13. The molecule has 17 heavy (non-hydrogen) atoms. The van der Waals surface area contributed by atoms with E-state index in [9.17, 15) is 4.39 Å². The molecule has 0 amide bonds. The zero-order valence-corrected chi connectivity index (χ0v) is 11.9. The molecule has 0 aliphatic rings. The van der Waals surface area contributed by atoms with Gasteiger partial charge in [0.1, 0.15) is 5.82 Å². The largest absolute Gasteiger partial charge is 0.207 e. The Hall–Kier alpha value is -0.510. The highest BCUT2D eigenvalue weighted by Gasteiger charge is 2.01. The van der Waals surface area contributed by atoms with Crippen LogP contribution in [0.5, 0.6) is 0 Å². The monoisotopic (exact) mass is 330 g/mol. The molecule has 0 N–H and O–H groups in total. The summed E-state index contributed by atoms with van der Waals surface area (Å²) in [6.07, 6.45) is 0. The number of benzene rings is 2. The number of rotatable bonds is 3. The highest BCUT2D eigenvalue weighted by Crippen LogP contribution is 2.27. The molecule has 0 aromatic heterocycles. The third-order valence-corrected chi connectivity index (χ3v) is 3.89. The summed E-state index contributed by atoms with van der Waals surface area (Å²) in [6.45, 7) is 0. The van der Waals surface area contributed by atoms with E-state index in [2.05, 4.69) is 15.9 Å². The SMILES string of the molecule is Fc1cc(Cl)cc(SCc2cccc(Br)c2)c1. The van der Waals surface area contributed by atoms with Crippen LogP contribution < -0.4 is 0 Å². The zero-order valence-electron chi connectivity index (χ0n) is 8.79. The summed E-state index contributed by atoms with van der Waals surface area (Å²) in [5.41, 5.74) is 1.18. The van der Waals surface area contributed by atoms with Crippen molar-refractivity contribution in [3.63, 3.8) is 0 Å². The van der Waals surface area contributed by atoms with Crippen molar-refractivity contribution in [2.75, 3.05) is 0 Å². The summed E-state index contributed by atoms with van der Waals surface area (Å²) in [7, 11) is 0. The standard InChI is InChI=1S/C13H9BrClFS/c14-10-3-1-2-9(4-10)8-17-13-6-11(15)5-12(16)7-13/h1-7H,8H2. The van der Waals surface area contributed by atoms with Gasteiger partial charge in [0, 0.05) is 20.1 Å². The lowest BCUT2D eigenvalue weighted by Gasteiger charge is -2.03. The average molecular weight is 332 g/mol. The first-order chi connectivity index (χ1) is 8.13. The Morgan fingerprint density at radius 2 is 2.00 bits per heavy atom. The molecule has 2 rings (SSSR count). The molecule has 0 heterocycles. The quantitative estimate of drug-likeness (QED) is 0.666. The molecule has 0 spiro atoms. The molecule has 0 aliphatic carbocycles. The van der Waals surface area contributed by atoms with Crippen LogP contribution in [0.15, 0.2) is 51.8 Å². The van der Waals surface area contributed by atoms with E-state index in [4.69, 9.17) is 11.6 Å². The third kappa shape index (κ3) is 4.02. The molecule has 88 valence electrons. The summed E-state index contributed by atoms with van der Waals surface area (Å²) < 4.78 is 14.2. The van der Waals surface area contributed by atoms with E-state index in [-0.39, 0.29) is 5.82 Å². The Morgan fingerprint density at radius 3 is 2.71 bits per heavy atom. The highest BCUT2D eigenvalue weighted by atomic mass is 79.9. The first-order valence-electron chi connectivity index (χ1n) is 4.97. The van der Waals surface area contributed by atoms with Crippen LogP contribution in [0.2, 0.25) is 5.02 Å². The van der Waals surface area contributed by atoms with Crippen LogP contribution in [0.1, 0.15) is 5.56 Å². The smallest absolute Gasteiger partial charge is 0.125 e. The summed E-state index contributed by atoms with van der Waals surface area (Å²) in [5.74, 6) is 0.494. The molecular weight excluding hydrogens is 323 g/mol. The van der Waals surface area contributed by atoms with Gasteiger partial charge in [0.15, 0.2) is 0 Å². The first-order valence-corrected chi connectivity index (χ1v) is 7.12. The predicted octanol–water partition coefficient (Wildman–Crippen LogP) is 5.53. The van der Waals surface area contributed by atoms with Gasteiger partial charge in [0.2, 0.25) is 0 Å². The number of hydrogen-bond donors (Lipinski definition) is 0. The normalized spacial score (nSPS) is 10.5. The fourth-order valence-corrected chi connectivity index (χ4v) is 3.06. The van der Waals surface area contributed by atoms with E-state index in [1.54, 1.807) is 17.8 Å². The zero-order chi connectivity index (χ0) is 12.3. The fraction of sp³-hybridized carbons (Fsp3) is 0.0769. The fourth-order valence-electron chi connectivity index (χ4n) is 1.41. The minimum absolute atomic E-state index is 0.297. The van der Waals surface area contributed by atoms with E-state index < -0.39 is 0 Å². The van der Waals surface area contributed by atoms with Crippen LogP contribution in [0.25, 0.3) is 0 Å². The van der Waals surface area contributed by atoms with Crippen molar-refractivity contribution in [2.24, 2.45) is 0 Å². The Bertz CT molecular complexity index is 510. The van der Waals surface area contributed by atoms with E-state index >= 15 is 0 Å². The predicted molar refractivity (Wildman–Crippen MR) is 75.1 cm³/mol. The molecule has 0 nitrogen and oxygen atoms in total. The Kier molecular flexibility index (Phi) is 4.48. The van der Waals surface area contributed by atoms with Crippen LogP contribution in [-0.2, 0) is 5.75 Å². The van der Waals surface area contributed by atoms with Crippen LogP contribution in [0, 0.1) is 5.82 Å². The molecule has 0 bridgehead atoms. The maximum absolute atomic E-state index is 13.1. The van der Waals surface area contributed by atoms with Gasteiger partial charge in [-0.2, -0.15) is 0 Å². The van der Waals surface area contributed by atoms with Crippen molar-refractivity contribution in [3.8, 4) is 0 Å². The van der Waals surface area contributed by atoms with Gasteiger partial charge < -0.3 is 0 Å². The summed E-state index contributed by atoms with van der Waals surface area (Å²) in [6, 6.07) is 12.6. The van der Waals surface area contributed by atoms with Gasteiger partial charge >= 0.3 is 0 Å². The second-order valence-corrected chi connectivity index (χ2v) is 5.92. The van der Waals surface area contributed by atoms with E-state index in [0.717, 1.165) is 15.1 Å². The Labute approximate surface area is 117 Å². The van der Waals surface area contributed by atoms with Crippen molar-refractivity contribution >= 4 is 39.3 Å². The maximum atomic E-state index is 13.1. The van der Waals surface area contributed by atoms with Gasteiger partial charge in [-0.15, -0.1) is 11.8 Å². The molecule has 0 atom stereocenters. The molecule has 0 saturated carbocycles. The van der Waals surface area contributed by atoms with E-state index in [1.807, 2.05) is 24.3 Å². The van der Waals surface area contributed by atoms with Gasteiger partial charge in [-0.05, 0) is 35.9 Å². The lowest BCUT2D eigenvalue weighted by molar-refractivity contribution is 0.624. The summed E-state index contributed by atoms with van der Waals surface area (Å²) in [4.78, 5) is 0.843. The van der Waals surface area contributed by atoms with Gasteiger partial charge in [-0.3, -0.25) is 0 Å². The van der Waals surface area contributed by atoms with Crippen molar-refractivity contribution in [1.82, 2.24) is 0 Å². The molecule has 0 fully saturated rings. The topological polar surface area (TPSA) is 0 Å². The van der Waals surface area contributed by atoms with Crippen molar-refractivity contribution in [1.29, 1.82) is 0 Å². The lowest BCUT2D eigenvalue weighted by atomic mass is 10.2. The first kappa shape index (κ1) is 12.9. The van der Waals surface area contributed by atoms with Crippen LogP contribution in [0.3, 0.4) is 0 Å². The van der Waals surface area contributed by atoms with Gasteiger partial charge in [-0.1, -0.05) is 39.7 Å².